The number of nitrogens with zero attached hydrogens (tertiary/aromatic N) is 1. The summed E-state index contributed by atoms with van der Waals surface area (Å²) in [4.78, 5) is 29.9. The van der Waals surface area contributed by atoms with E-state index in [0.29, 0.717) is 35.7 Å². The summed E-state index contributed by atoms with van der Waals surface area (Å²) in [5.74, 6) is 1.18. The van der Waals surface area contributed by atoms with Gasteiger partial charge in [-0.2, -0.15) is 0 Å². The maximum absolute atomic E-state index is 12.7. The Bertz CT molecular complexity index is 684. The van der Waals surface area contributed by atoms with Gasteiger partial charge in [0.05, 0.1) is 0 Å². The van der Waals surface area contributed by atoms with Crippen molar-refractivity contribution in [1.29, 1.82) is 0 Å². The Hall–Kier alpha value is -1.47. The van der Waals surface area contributed by atoms with Crippen LogP contribution in [0.1, 0.15) is 59.8 Å². The molecule has 0 radical (unpaired) electrons. The molecule has 1 fully saturated rings. The second kappa shape index (κ2) is 7.83. The van der Waals surface area contributed by atoms with Crippen molar-refractivity contribution in [3.63, 3.8) is 0 Å². The molecule has 0 bridgehead atoms. The number of rotatable bonds is 6. The summed E-state index contributed by atoms with van der Waals surface area (Å²) in [6, 6.07) is 0. The van der Waals surface area contributed by atoms with Crippen LogP contribution < -0.4 is 5.32 Å². The summed E-state index contributed by atoms with van der Waals surface area (Å²) in [6.07, 6.45) is 0.628. The van der Waals surface area contributed by atoms with Gasteiger partial charge in [0.2, 0.25) is 0 Å². The number of ketones is 1. The van der Waals surface area contributed by atoms with Gasteiger partial charge in [0.1, 0.15) is 5.69 Å². The van der Waals surface area contributed by atoms with Gasteiger partial charge in [-0.15, -0.1) is 0 Å². The van der Waals surface area contributed by atoms with E-state index < -0.39 is 10.8 Å². The van der Waals surface area contributed by atoms with Crippen LogP contribution >= 0.6 is 0 Å². The van der Waals surface area contributed by atoms with Crippen LogP contribution in [0, 0.1) is 6.92 Å². The predicted molar refractivity (Wildman–Crippen MR) is 101 cm³/mol. The SMILES string of the molecule is CCc1c(C(=O)NCC(C)(C)N2CCS(=O)CC2)[nH]c(C)c1C(C)=O. The molecule has 1 saturated heterocycles. The molecule has 1 aliphatic heterocycles. The van der Waals surface area contributed by atoms with E-state index in [1.165, 1.54) is 6.92 Å². The van der Waals surface area contributed by atoms with Gasteiger partial charge in [-0.3, -0.25) is 18.7 Å². The van der Waals surface area contributed by atoms with Crippen molar-refractivity contribution < 1.29 is 13.8 Å². The largest absolute Gasteiger partial charge is 0.354 e. The smallest absolute Gasteiger partial charge is 0.268 e. The molecule has 140 valence electrons. The van der Waals surface area contributed by atoms with Crippen LogP contribution in [0.15, 0.2) is 0 Å². The van der Waals surface area contributed by atoms with Crippen LogP contribution in [0.3, 0.4) is 0 Å². The second-order valence-corrected chi connectivity index (χ2v) is 8.91. The summed E-state index contributed by atoms with van der Waals surface area (Å²) >= 11 is 0. The average molecular weight is 368 g/mol. The third kappa shape index (κ3) is 4.39. The molecule has 6 nitrogen and oxygen atoms in total. The molecule has 2 heterocycles. The lowest BCUT2D eigenvalue weighted by Crippen LogP contribution is -2.55. The van der Waals surface area contributed by atoms with Gasteiger partial charge in [-0.05, 0) is 39.7 Å². The summed E-state index contributed by atoms with van der Waals surface area (Å²) in [6.45, 7) is 11.5. The van der Waals surface area contributed by atoms with Gasteiger partial charge in [0, 0.05) is 58.7 Å². The van der Waals surface area contributed by atoms with Crippen molar-refractivity contribution >= 4 is 22.5 Å². The number of aryl methyl sites for hydroxylation is 1. The first-order valence-corrected chi connectivity index (χ1v) is 10.3. The van der Waals surface area contributed by atoms with Crippen LogP contribution in [0.5, 0.6) is 0 Å². The van der Waals surface area contributed by atoms with Crippen LogP contribution in [-0.2, 0) is 17.2 Å². The first-order chi connectivity index (χ1) is 11.7. The molecule has 1 aliphatic rings. The summed E-state index contributed by atoms with van der Waals surface area (Å²) in [5, 5.41) is 3.00. The second-order valence-electron chi connectivity index (χ2n) is 7.22. The highest BCUT2D eigenvalue weighted by atomic mass is 32.2. The third-order valence-electron chi connectivity index (χ3n) is 4.94. The van der Waals surface area contributed by atoms with Crippen molar-refractivity contribution in [3.05, 3.63) is 22.5 Å². The first kappa shape index (κ1) is 19.8. The van der Waals surface area contributed by atoms with E-state index in [4.69, 9.17) is 0 Å². The molecule has 2 N–H and O–H groups in total. The number of carbonyl (C=O) groups is 2. The van der Waals surface area contributed by atoms with E-state index in [0.717, 1.165) is 24.3 Å². The Morgan fingerprint density at radius 1 is 1.28 bits per heavy atom. The number of carbonyl (C=O) groups excluding carboxylic acids is 2. The molecule has 1 aromatic rings. The maximum Gasteiger partial charge on any atom is 0.268 e. The Kier molecular flexibility index (Phi) is 6.21. The van der Waals surface area contributed by atoms with E-state index in [1.807, 2.05) is 13.8 Å². The predicted octanol–water partition coefficient (Wildman–Crippen LogP) is 1.66. The zero-order valence-electron chi connectivity index (χ0n) is 15.8. The molecule has 1 amide bonds. The highest BCUT2D eigenvalue weighted by Crippen LogP contribution is 2.21. The van der Waals surface area contributed by atoms with Gasteiger partial charge in [0.15, 0.2) is 5.78 Å². The number of amides is 1. The molecule has 0 aromatic carbocycles. The summed E-state index contributed by atoms with van der Waals surface area (Å²) < 4.78 is 11.5. The number of hydrogen-bond acceptors (Lipinski definition) is 4. The lowest BCUT2D eigenvalue weighted by Gasteiger charge is -2.40. The first-order valence-electron chi connectivity index (χ1n) is 8.78. The highest BCUT2D eigenvalue weighted by Gasteiger charge is 2.31. The molecule has 0 atom stereocenters. The zero-order valence-corrected chi connectivity index (χ0v) is 16.6. The van der Waals surface area contributed by atoms with Gasteiger partial charge in [-0.1, -0.05) is 6.92 Å². The van der Waals surface area contributed by atoms with Crippen LogP contribution in [0.4, 0.5) is 0 Å². The van der Waals surface area contributed by atoms with Crippen LogP contribution in [0.2, 0.25) is 0 Å². The van der Waals surface area contributed by atoms with Gasteiger partial charge in [-0.25, -0.2) is 0 Å². The number of Topliss-reactive ketones (excluding diaryl/α,β-unsaturated/α-hetero) is 1. The van der Waals surface area contributed by atoms with Crippen molar-refractivity contribution in [2.45, 2.75) is 46.6 Å². The molecule has 1 aromatic heterocycles. The van der Waals surface area contributed by atoms with Gasteiger partial charge < -0.3 is 10.3 Å². The number of nitrogens with one attached hydrogen (secondary N) is 2. The standard InChI is InChI=1S/C18H29N3O3S/c1-6-14-15(13(3)22)12(2)20-16(14)17(23)19-11-18(4,5)21-7-9-25(24)10-8-21/h20H,6-11H2,1-5H3,(H,19,23). The average Bonchev–Trinajstić information content (AvgIpc) is 2.89. The fourth-order valence-corrected chi connectivity index (χ4v) is 4.49. The minimum Gasteiger partial charge on any atom is -0.354 e. The van der Waals surface area contributed by atoms with Crippen molar-refractivity contribution in [1.82, 2.24) is 15.2 Å². The third-order valence-corrected chi connectivity index (χ3v) is 6.21. The van der Waals surface area contributed by atoms with E-state index in [-0.39, 0.29) is 17.2 Å². The van der Waals surface area contributed by atoms with E-state index >= 15 is 0 Å². The molecular formula is C18H29N3O3S. The minimum absolute atomic E-state index is 0.0219. The monoisotopic (exact) mass is 367 g/mol. The summed E-state index contributed by atoms with van der Waals surface area (Å²) in [7, 11) is -0.713. The van der Waals surface area contributed by atoms with Crippen molar-refractivity contribution in [2.75, 3.05) is 31.1 Å². The molecular weight excluding hydrogens is 338 g/mol. The number of hydrogen-bond donors (Lipinski definition) is 2. The fourth-order valence-electron chi connectivity index (χ4n) is 3.44. The number of aromatic amines is 1. The van der Waals surface area contributed by atoms with Gasteiger partial charge >= 0.3 is 0 Å². The molecule has 0 saturated carbocycles. The molecule has 2 rings (SSSR count). The molecule has 0 spiro atoms. The van der Waals surface area contributed by atoms with E-state index in [9.17, 15) is 13.8 Å². The van der Waals surface area contributed by atoms with E-state index in [2.05, 4.69) is 29.0 Å². The van der Waals surface area contributed by atoms with E-state index in [1.54, 1.807) is 0 Å². The lowest BCUT2D eigenvalue weighted by atomic mass is 10.0. The number of aromatic nitrogens is 1. The summed E-state index contributed by atoms with van der Waals surface area (Å²) in [5.41, 5.74) is 2.43. The quantitative estimate of drug-likeness (QED) is 0.749. The minimum atomic E-state index is -0.713. The normalized spacial score (nSPS) is 16.8. The molecule has 25 heavy (non-hydrogen) atoms. The lowest BCUT2D eigenvalue weighted by molar-refractivity contribution is 0.0878. The van der Waals surface area contributed by atoms with Crippen molar-refractivity contribution in [2.24, 2.45) is 0 Å². The molecule has 7 heteroatoms. The fraction of sp³-hybridized carbons (Fsp3) is 0.667. The maximum atomic E-state index is 12.7. The molecule has 0 aliphatic carbocycles. The van der Waals surface area contributed by atoms with Crippen molar-refractivity contribution in [3.8, 4) is 0 Å². The Morgan fingerprint density at radius 3 is 2.40 bits per heavy atom. The Balaban J connectivity index is 2.08. The van der Waals surface area contributed by atoms with Crippen LogP contribution in [-0.4, -0.2) is 62.5 Å². The topological polar surface area (TPSA) is 82.3 Å². The Labute approximate surface area is 152 Å². The number of H-pyrrole nitrogens is 1. The van der Waals surface area contributed by atoms with Gasteiger partial charge in [0.25, 0.3) is 5.91 Å². The highest BCUT2D eigenvalue weighted by molar-refractivity contribution is 7.85. The Morgan fingerprint density at radius 2 is 1.88 bits per heavy atom. The zero-order chi connectivity index (χ0) is 18.8. The molecule has 0 unspecified atom stereocenters. The van der Waals surface area contributed by atoms with Crippen LogP contribution in [0.25, 0.3) is 0 Å².